The molecular formula is C19H30O. The zero-order valence-electron chi connectivity index (χ0n) is 13.2. The molecule has 0 amide bonds. The number of hydrogen-bond donors (Lipinski definition) is 1. The lowest BCUT2D eigenvalue weighted by atomic mass is 9.49. The molecule has 6 atom stereocenters. The molecule has 0 saturated heterocycles. The Morgan fingerprint density at radius 3 is 2.75 bits per heavy atom. The molecule has 0 aliphatic heterocycles. The van der Waals surface area contributed by atoms with Gasteiger partial charge in [-0.25, -0.2) is 0 Å². The Morgan fingerprint density at radius 2 is 1.90 bits per heavy atom. The number of fused-ring (bicyclic) bond motifs is 4. The van der Waals surface area contributed by atoms with Gasteiger partial charge in [0.05, 0.1) is 6.10 Å². The van der Waals surface area contributed by atoms with Crippen LogP contribution in [0.15, 0.2) is 11.1 Å². The van der Waals surface area contributed by atoms with Gasteiger partial charge in [-0.15, -0.1) is 0 Å². The van der Waals surface area contributed by atoms with Crippen molar-refractivity contribution in [2.24, 2.45) is 29.1 Å². The van der Waals surface area contributed by atoms with Crippen LogP contribution in [0.2, 0.25) is 0 Å². The quantitative estimate of drug-likeness (QED) is 0.635. The smallest absolute Gasteiger partial charge is 0.0640 e. The highest BCUT2D eigenvalue weighted by Gasteiger charge is 2.52. The van der Waals surface area contributed by atoms with Gasteiger partial charge in [-0.1, -0.05) is 37.8 Å². The summed E-state index contributed by atoms with van der Waals surface area (Å²) in [6.45, 7) is 4.87. The Labute approximate surface area is 123 Å². The van der Waals surface area contributed by atoms with Gasteiger partial charge in [0, 0.05) is 5.92 Å². The molecule has 0 bridgehead atoms. The highest BCUT2D eigenvalue weighted by molar-refractivity contribution is 5.31. The predicted molar refractivity (Wildman–Crippen MR) is 82.3 cm³/mol. The van der Waals surface area contributed by atoms with E-state index < -0.39 is 0 Å². The minimum atomic E-state index is -0.0735. The third kappa shape index (κ3) is 1.71. The van der Waals surface area contributed by atoms with Crippen LogP contribution >= 0.6 is 0 Å². The van der Waals surface area contributed by atoms with Gasteiger partial charge in [0.15, 0.2) is 0 Å². The van der Waals surface area contributed by atoms with E-state index in [2.05, 4.69) is 13.8 Å². The monoisotopic (exact) mass is 274 g/mol. The van der Waals surface area contributed by atoms with E-state index in [1.807, 2.05) is 0 Å². The summed E-state index contributed by atoms with van der Waals surface area (Å²) in [5.41, 5.74) is 4.00. The lowest BCUT2D eigenvalue weighted by Crippen LogP contribution is -2.47. The van der Waals surface area contributed by atoms with Crippen molar-refractivity contribution in [3.05, 3.63) is 11.1 Å². The van der Waals surface area contributed by atoms with Crippen molar-refractivity contribution in [2.45, 2.75) is 77.7 Å². The third-order valence-corrected chi connectivity index (χ3v) is 7.75. The lowest BCUT2D eigenvalue weighted by molar-refractivity contribution is -0.0330. The summed E-state index contributed by atoms with van der Waals surface area (Å²) >= 11 is 0. The van der Waals surface area contributed by atoms with E-state index in [0.29, 0.717) is 11.3 Å². The average Bonchev–Trinajstić information content (AvgIpc) is 2.74. The molecule has 1 heteroatoms. The van der Waals surface area contributed by atoms with Crippen molar-refractivity contribution in [3.63, 3.8) is 0 Å². The van der Waals surface area contributed by atoms with Crippen LogP contribution in [0.4, 0.5) is 0 Å². The molecule has 0 aromatic heterocycles. The predicted octanol–water partition coefficient (Wildman–Crippen LogP) is 4.70. The Hall–Kier alpha value is -0.300. The standard InChI is InChI=1S/C19H30O/c1-12-14-8-9-17-15(16(14)11-18(12)20)7-6-13-5-3-4-10-19(13,17)2/h12-13,15,17-18,20H,3-11H2,1-2H3/t12-,13-,15+,17+,18-,19+/m1/s1. The molecule has 112 valence electrons. The Kier molecular flexibility index (Phi) is 3.07. The minimum absolute atomic E-state index is 0.0735. The number of aliphatic hydroxyl groups is 1. The Bertz CT molecular complexity index is 437. The van der Waals surface area contributed by atoms with Gasteiger partial charge >= 0.3 is 0 Å². The minimum Gasteiger partial charge on any atom is -0.392 e. The zero-order valence-corrected chi connectivity index (χ0v) is 13.2. The van der Waals surface area contributed by atoms with Crippen molar-refractivity contribution >= 4 is 0 Å². The average molecular weight is 274 g/mol. The lowest BCUT2D eigenvalue weighted by Gasteiger charge is -2.56. The number of hydrogen-bond acceptors (Lipinski definition) is 1. The molecule has 1 nitrogen and oxygen atoms in total. The molecule has 2 saturated carbocycles. The Morgan fingerprint density at radius 1 is 1.05 bits per heavy atom. The van der Waals surface area contributed by atoms with Gasteiger partial charge in [-0.3, -0.25) is 0 Å². The maximum Gasteiger partial charge on any atom is 0.0640 e. The molecule has 0 spiro atoms. The summed E-state index contributed by atoms with van der Waals surface area (Å²) < 4.78 is 0. The number of aliphatic hydroxyl groups excluding tert-OH is 1. The first kappa shape index (κ1) is 13.4. The van der Waals surface area contributed by atoms with Gasteiger partial charge in [0.1, 0.15) is 0 Å². The summed E-state index contributed by atoms with van der Waals surface area (Å²) in [5, 5.41) is 10.3. The van der Waals surface area contributed by atoms with Gasteiger partial charge in [0.25, 0.3) is 0 Å². The first-order valence-corrected chi connectivity index (χ1v) is 9.01. The highest BCUT2D eigenvalue weighted by atomic mass is 16.3. The second kappa shape index (κ2) is 4.60. The summed E-state index contributed by atoms with van der Waals surface area (Å²) in [6, 6.07) is 0. The molecule has 4 aliphatic rings. The van der Waals surface area contributed by atoms with Crippen molar-refractivity contribution in [2.75, 3.05) is 0 Å². The largest absolute Gasteiger partial charge is 0.392 e. The second-order valence-electron chi connectivity index (χ2n) is 8.39. The molecule has 2 fully saturated rings. The van der Waals surface area contributed by atoms with Gasteiger partial charge in [-0.05, 0) is 68.1 Å². The van der Waals surface area contributed by atoms with Crippen molar-refractivity contribution < 1.29 is 5.11 Å². The van der Waals surface area contributed by atoms with Gasteiger partial charge < -0.3 is 5.11 Å². The first-order valence-electron chi connectivity index (χ1n) is 9.01. The SMILES string of the molecule is C[C@@H]1C2=C(C[C@H]1O)[C@@H]1CC[C@H]3CCCC[C@]3(C)[C@H]1CC2. The fourth-order valence-electron chi connectivity index (χ4n) is 6.53. The normalized spacial score (nSPS) is 51.5. The zero-order chi connectivity index (χ0) is 13.9. The molecule has 4 rings (SSSR count). The van der Waals surface area contributed by atoms with E-state index in [4.69, 9.17) is 0 Å². The fraction of sp³-hybridized carbons (Fsp3) is 0.895. The van der Waals surface area contributed by atoms with E-state index in [1.54, 1.807) is 11.1 Å². The molecule has 0 aromatic carbocycles. The van der Waals surface area contributed by atoms with E-state index in [9.17, 15) is 5.11 Å². The molecule has 0 radical (unpaired) electrons. The first-order chi connectivity index (χ1) is 9.61. The van der Waals surface area contributed by atoms with Crippen molar-refractivity contribution in [3.8, 4) is 0 Å². The molecule has 1 N–H and O–H groups in total. The van der Waals surface area contributed by atoms with Crippen molar-refractivity contribution in [1.29, 1.82) is 0 Å². The van der Waals surface area contributed by atoms with Gasteiger partial charge in [-0.2, -0.15) is 0 Å². The molecular weight excluding hydrogens is 244 g/mol. The maximum absolute atomic E-state index is 10.3. The summed E-state index contributed by atoms with van der Waals surface area (Å²) in [6.07, 6.45) is 12.4. The van der Waals surface area contributed by atoms with Crippen LogP contribution in [0.1, 0.15) is 71.6 Å². The Balaban J connectivity index is 1.67. The second-order valence-corrected chi connectivity index (χ2v) is 8.39. The van der Waals surface area contributed by atoms with E-state index in [-0.39, 0.29) is 6.10 Å². The van der Waals surface area contributed by atoms with Crippen LogP contribution in [0.5, 0.6) is 0 Å². The van der Waals surface area contributed by atoms with Crippen molar-refractivity contribution in [1.82, 2.24) is 0 Å². The van der Waals surface area contributed by atoms with Crippen LogP contribution in [0, 0.1) is 29.1 Å². The topological polar surface area (TPSA) is 20.2 Å². The molecule has 0 aromatic rings. The van der Waals surface area contributed by atoms with E-state index >= 15 is 0 Å². The summed E-state index contributed by atoms with van der Waals surface area (Å²) in [7, 11) is 0. The van der Waals surface area contributed by atoms with Crippen LogP contribution in [0.3, 0.4) is 0 Å². The molecule has 4 aliphatic carbocycles. The summed E-state index contributed by atoms with van der Waals surface area (Å²) in [4.78, 5) is 0. The molecule has 0 heterocycles. The van der Waals surface area contributed by atoms with Crippen LogP contribution in [-0.4, -0.2) is 11.2 Å². The van der Waals surface area contributed by atoms with Gasteiger partial charge in [0.2, 0.25) is 0 Å². The van der Waals surface area contributed by atoms with Crippen LogP contribution < -0.4 is 0 Å². The van der Waals surface area contributed by atoms with E-state index in [0.717, 1.165) is 24.2 Å². The maximum atomic E-state index is 10.3. The van der Waals surface area contributed by atoms with Crippen LogP contribution in [-0.2, 0) is 0 Å². The van der Waals surface area contributed by atoms with E-state index in [1.165, 1.54) is 51.4 Å². The molecule has 0 unspecified atom stereocenters. The van der Waals surface area contributed by atoms with Crippen LogP contribution in [0.25, 0.3) is 0 Å². The summed E-state index contributed by atoms with van der Waals surface area (Å²) in [5.74, 6) is 3.21. The molecule has 20 heavy (non-hydrogen) atoms. The number of rotatable bonds is 0. The highest BCUT2D eigenvalue weighted by Crippen LogP contribution is 2.62. The third-order valence-electron chi connectivity index (χ3n) is 7.75. The fourth-order valence-corrected chi connectivity index (χ4v) is 6.53.